The number of carboxylic acids is 1. The molecule has 1 amide bonds. The number of amides is 1. The molecule has 2 aliphatic rings. The first-order valence-electron chi connectivity index (χ1n) is 11.4. The van der Waals surface area contributed by atoms with Gasteiger partial charge in [-0.25, -0.2) is 4.98 Å². The number of ether oxygens (including phenoxy) is 1. The van der Waals surface area contributed by atoms with Crippen molar-refractivity contribution in [3.63, 3.8) is 0 Å². The van der Waals surface area contributed by atoms with E-state index in [1.807, 2.05) is 18.2 Å². The van der Waals surface area contributed by atoms with Crippen LogP contribution in [0.3, 0.4) is 0 Å². The predicted octanol–water partition coefficient (Wildman–Crippen LogP) is 3.97. The molecule has 1 aromatic carbocycles. The first kappa shape index (κ1) is 22.5. The second-order valence-corrected chi connectivity index (χ2v) is 10.2. The monoisotopic (exact) mass is 440 g/mol. The normalized spacial score (nSPS) is 24.6. The Morgan fingerprint density at radius 3 is 2.59 bits per heavy atom. The molecular weight excluding hydrogens is 408 g/mol. The van der Waals surface area contributed by atoms with Gasteiger partial charge in [0.15, 0.2) is 5.69 Å². The third-order valence-corrected chi connectivity index (χ3v) is 6.43. The highest BCUT2D eigenvalue weighted by Gasteiger charge is 2.51. The summed E-state index contributed by atoms with van der Waals surface area (Å²) in [6.07, 6.45) is 4.97. The van der Waals surface area contributed by atoms with Gasteiger partial charge < -0.3 is 19.6 Å². The van der Waals surface area contributed by atoms with Crippen LogP contribution < -0.4 is 5.32 Å². The van der Waals surface area contributed by atoms with Crippen molar-refractivity contribution in [2.24, 2.45) is 11.3 Å². The molecular formula is C25H32N2O5. The summed E-state index contributed by atoms with van der Waals surface area (Å²) in [6, 6.07) is 8.02. The fourth-order valence-electron chi connectivity index (χ4n) is 4.85. The number of aromatic nitrogens is 1. The van der Waals surface area contributed by atoms with Crippen LogP contribution in [0.1, 0.15) is 73.5 Å². The van der Waals surface area contributed by atoms with Crippen LogP contribution in [0, 0.1) is 11.3 Å². The van der Waals surface area contributed by atoms with E-state index in [4.69, 9.17) is 14.3 Å². The Balaban J connectivity index is 1.51. The standard InChI is InChI=1S/C25H32N2O5/c1-25(2,3)14-26-23(30)18-13-31-24(27-18)22-17(19-9-10-20(22)32-19)12-16-7-5-4-6-15(16)8-11-21(28)29/h4-7,13,17,19-20,22H,8-12,14H2,1-3H3,(H,26,30)(H,28,29)/t17-,19+,20-,22+/m1/s1. The lowest BCUT2D eigenvalue weighted by Gasteiger charge is -2.26. The molecule has 2 aliphatic heterocycles. The molecule has 2 fully saturated rings. The molecule has 32 heavy (non-hydrogen) atoms. The lowest BCUT2D eigenvalue weighted by Crippen LogP contribution is -2.32. The summed E-state index contributed by atoms with van der Waals surface area (Å²) in [6.45, 7) is 6.74. The highest BCUT2D eigenvalue weighted by molar-refractivity contribution is 5.91. The van der Waals surface area contributed by atoms with Crippen LogP contribution >= 0.6 is 0 Å². The molecule has 0 unspecified atom stereocenters. The minimum Gasteiger partial charge on any atom is -0.481 e. The second kappa shape index (κ2) is 9.06. The topological polar surface area (TPSA) is 102 Å². The largest absolute Gasteiger partial charge is 0.481 e. The van der Waals surface area contributed by atoms with Gasteiger partial charge in [0.05, 0.1) is 18.1 Å². The van der Waals surface area contributed by atoms with E-state index in [2.05, 4.69) is 37.1 Å². The summed E-state index contributed by atoms with van der Waals surface area (Å²) in [5.41, 5.74) is 2.49. The molecule has 2 N–H and O–H groups in total. The smallest absolute Gasteiger partial charge is 0.303 e. The summed E-state index contributed by atoms with van der Waals surface area (Å²) in [5, 5.41) is 12.0. The van der Waals surface area contributed by atoms with Crippen LogP contribution in [0.15, 0.2) is 34.9 Å². The average molecular weight is 441 g/mol. The number of nitrogens with zero attached hydrogens (tertiary/aromatic N) is 1. The maximum Gasteiger partial charge on any atom is 0.303 e. The van der Waals surface area contributed by atoms with Crippen LogP contribution in [0.2, 0.25) is 0 Å². The van der Waals surface area contributed by atoms with Gasteiger partial charge in [0.25, 0.3) is 5.91 Å². The molecule has 2 aromatic rings. The van der Waals surface area contributed by atoms with Crippen LogP contribution in [0.5, 0.6) is 0 Å². The number of rotatable bonds is 8. The van der Waals surface area contributed by atoms with Crippen LogP contribution in [0.4, 0.5) is 0 Å². The summed E-state index contributed by atoms with van der Waals surface area (Å²) in [4.78, 5) is 28.1. The van der Waals surface area contributed by atoms with E-state index in [9.17, 15) is 9.59 Å². The minimum atomic E-state index is -0.794. The van der Waals surface area contributed by atoms with Crippen LogP contribution in [-0.4, -0.2) is 40.7 Å². The van der Waals surface area contributed by atoms with Gasteiger partial charge in [0.1, 0.15) is 6.26 Å². The molecule has 1 aromatic heterocycles. The van der Waals surface area contributed by atoms with E-state index in [0.717, 1.165) is 30.4 Å². The molecule has 0 saturated carbocycles. The highest BCUT2D eigenvalue weighted by Crippen LogP contribution is 2.50. The lowest BCUT2D eigenvalue weighted by molar-refractivity contribution is -0.136. The van der Waals surface area contributed by atoms with Crippen molar-refractivity contribution in [2.45, 2.75) is 71.0 Å². The van der Waals surface area contributed by atoms with Crippen molar-refractivity contribution in [2.75, 3.05) is 6.54 Å². The summed E-state index contributed by atoms with van der Waals surface area (Å²) in [7, 11) is 0. The first-order chi connectivity index (χ1) is 15.2. The number of aryl methyl sites for hydroxylation is 1. The number of hydrogen-bond donors (Lipinski definition) is 2. The summed E-state index contributed by atoms with van der Waals surface area (Å²) >= 11 is 0. The number of oxazole rings is 1. The predicted molar refractivity (Wildman–Crippen MR) is 119 cm³/mol. The van der Waals surface area contributed by atoms with E-state index in [0.29, 0.717) is 24.6 Å². The molecule has 7 heteroatoms. The molecule has 172 valence electrons. The maximum absolute atomic E-state index is 12.5. The molecule has 4 rings (SSSR count). The lowest BCUT2D eigenvalue weighted by atomic mass is 9.75. The average Bonchev–Trinajstić information content (AvgIpc) is 3.47. The van der Waals surface area contributed by atoms with Crippen LogP contribution in [0.25, 0.3) is 0 Å². The van der Waals surface area contributed by atoms with Crippen LogP contribution in [-0.2, 0) is 22.4 Å². The van der Waals surface area contributed by atoms with Gasteiger partial charge in [-0.15, -0.1) is 0 Å². The van der Waals surface area contributed by atoms with E-state index in [1.54, 1.807) is 0 Å². The van der Waals surface area contributed by atoms with Crippen molar-refractivity contribution in [3.05, 3.63) is 53.2 Å². The number of benzene rings is 1. The number of carboxylic acid groups (broad SMARTS) is 1. The third kappa shape index (κ3) is 5.04. The molecule has 7 nitrogen and oxygen atoms in total. The highest BCUT2D eigenvalue weighted by atomic mass is 16.5. The number of carbonyl (C=O) groups is 2. The molecule has 0 spiro atoms. The molecule has 2 saturated heterocycles. The van der Waals surface area contributed by atoms with Crippen molar-refractivity contribution >= 4 is 11.9 Å². The Morgan fingerprint density at radius 1 is 1.16 bits per heavy atom. The third-order valence-electron chi connectivity index (χ3n) is 6.43. The van der Waals surface area contributed by atoms with Gasteiger partial charge in [-0.2, -0.15) is 0 Å². The van der Waals surface area contributed by atoms with Gasteiger partial charge in [0, 0.05) is 18.9 Å². The van der Waals surface area contributed by atoms with Gasteiger partial charge in [-0.3, -0.25) is 9.59 Å². The second-order valence-electron chi connectivity index (χ2n) is 10.2. The Bertz CT molecular complexity index is 977. The van der Waals surface area contributed by atoms with Gasteiger partial charge in [-0.1, -0.05) is 45.0 Å². The fraction of sp³-hybridized carbons (Fsp3) is 0.560. The van der Waals surface area contributed by atoms with E-state index in [-0.39, 0.29) is 41.8 Å². The Kier molecular flexibility index (Phi) is 6.38. The Hall–Kier alpha value is -2.67. The zero-order valence-corrected chi connectivity index (χ0v) is 19.0. The van der Waals surface area contributed by atoms with E-state index < -0.39 is 5.97 Å². The molecule has 2 bridgehead atoms. The number of aliphatic carboxylic acids is 1. The summed E-state index contributed by atoms with van der Waals surface area (Å²) < 4.78 is 12.0. The van der Waals surface area contributed by atoms with Crippen molar-refractivity contribution < 1.29 is 23.8 Å². The minimum absolute atomic E-state index is 0.00885. The first-order valence-corrected chi connectivity index (χ1v) is 11.4. The zero-order valence-electron chi connectivity index (χ0n) is 19.0. The number of nitrogens with one attached hydrogen (secondary N) is 1. The van der Waals surface area contributed by atoms with Crippen molar-refractivity contribution in [1.29, 1.82) is 0 Å². The zero-order chi connectivity index (χ0) is 22.9. The number of hydrogen-bond acceptors (Lipinski definition) is 5. The van der Waals surface area contributed by atoms with Gasteiger partial charge >= 0.3 is 5.97 Å². The quantitative estimate of drug-likeness (QED) is 0.644. The van der Waals surface area contributed by atoms with Crippen molar-refractivity contribution in [1.82, 2.24) is 10.3 Å². The summed E-state index contributed by atoms with van der Waals surface area (Å²) in [5.74, 6) is -0.284. The van der Waals surface area contributed by atoms with Crippen molar-refractivity contribution in [3.8, 4) is 0 Å². The molecule has 3 heterocycles. The fourth-order valence-corrected chi connectivity index (χ4v) is 4.85. The Labute approximate surface area is 188 Å². The van der Waals surface area contributed by atoms with E-state index in [1.165, 1.54) is 6.26 Å². The maximum atomic E-state index is 12.5. The van der Waals surface area contributed by atoms with Gasteiger partial charge in [0.2, 0.25) is 5.89 Å². The molecule has 0 radical (unpaired) electrons. The SMILES string of the molecule is CC(C)(C)CNC(=O)c1coc([C@H]2[C@H](Cc3ccccc3CCC(=O)O)[C@@H]3CC[C@H]2O3)n1. The molecule has 0 aliphatic carbocycles. The molecule has 4 atom stereocenters. The number of fused-ring (bicyclic) bond motifs is 2. The van der Waals surface area contributed by atoms with E-state index >= 15 is 0 Å². The van der Waals surface area contributed by atoms with Gasteiger partial charge in [-0.05, 0) is 42.2 Å². The number of carbonyl (C=O) groups excluding carboxylic acids is 1. The Morgan fingerprint density at radius 2 is 1.88 bits per heavy atom.